The average Bonchev–Trinajstić information content (AvgIpc) is 3.14. The number of nitrogens with zero attached hydrogens (tertiary/aromatic N) is 1. The maximum absolute atomic E-state index is 12.1. The van der Waals surface area contributed by atoms with Crippen LogP contribution >= 0.6 is 0 Å². The molecule has 2 heterocycles. The average molecular weight is 245 g/mol. The third kappa shape index (κ3) is 2.48. The fourth-order valence-corrected chi connectivity index (χ4v) is 2.37. The van der Waals surface area contributed by atoms with Crippen LogP contribution in [-0.2, 0) is 0 Å². The van der Waals surface area contributed by atoms with E-state index in [1.807, 2.05) is 18.3 Å². The van der Waals surface area contributed by atoms with E-state index in [0.717, 1.165) is 25.2 Å². The number of carbonyl (C=O) groups is 1. The first-order valence-corrected chi connectivity index (χ1v) is 6.68. The summed E-state index contributed by atoms with van der Waals surface area (Å²) in [7, 11) is 0. The SMILES string of the molecule is O=C(NCC1=CCNCC1)c1cccn1C1CC1. The second-order valence-electron chi connectivity index (χ2n) is 5.03. The van der Waals surface area contributed by atoms with Crippen molar-refractivity contribution in [1.29, 1.82) is 0 Å². The molecule has 2 N–H and O–H groups in total. The highest BCUT2D eigenvalue weighted by molar-refractivity contribution is 5.93. The van der Waals surface area contributed by atoms with Gasteiger partial charge in [0.15, 0.2) is 0 Å². The molecule has 4 heteroatoms. The molecule has 1 aliphatic carbocycles. The zero-order chi connectivity index (χ0) is 12.4. The second-order valence-corrected chi connectivity index (χ2v) is 5.03. The Bertz CT molecular complexity index is 471. The minimum absolute atomic E-state index is 0.0475. The van der Waals surface area contributed by atoms with E-state index in [4.69, 9.17) is 0 Å². The highest BCUT2D eigenvalue weighted by Gasteiger charge is 2.26. The lowest BCUT2D eigenvalue weighted by atomic mass is 10.1. The van der Waals surface area contributed by atoms with Crippen LogP contribution in [0.2, 0.25) is 0 Å². The smallest absolute Gasteiger partial charge is 0.268 e. The molecule has 0 aromatic carbocycles. The van der Waals surface area contributed by atoms with Gasteiger partial charge >= 0.3 is 0 Å². The fourth-order valence-electron chi connectivity index (χ4n) is 2.37. The summed E-state index contributed by atoms with van der Waals surface area (Å²) in [6.07, 6.45) is 7.61. The molecule has 96 valence electrons. The molecule has 1 aromatic rings. The van der Waals surface area contributed by atoms with Gasteiger partial charge in [0.1, 0.15) is 5.69 Å². The van der Waals surface area contributed by atoms with E-state index in [1.165, 1.54) is 18.4 Å². The Kier molecular flexibility index (Phi) is 3.19. The monoisotopic (exact) mass is 245 g/mol. The van der Waals surface area contributed by atoms with Gasteiger partial charge in [-0.2, -0.15) is 0 Å². The van der Waals surface area contributed by atoms with E-state index in [9.17, 15) is 4.79 Å². The summed E-state index contributed by atoms with van der Waals surface area (Å²) in [5.41, 5.74) is 2.12. The summed E-state index contributed by atoms with van der Waals surface area (Å²) in [6, 6.07) is 4.42. The molecule has 2 aliphatic rings. The molecule has 3 rings (SSSR count). The van der Waals surface area contributed by atoms with Gasteiger partial charge in [-0.25, -0.2) is 0 Å². The quantitative estimate of drug-likeness (QED) is 0.789. The molecule has 0 bridgehead atoms. The van der Waals surface area contributed by atoms with Gasteiger partial charge in [0.05, 0.1) is 0 Å². The van der Waals surface area contributed by atoms with Crippen molar-refractivity contribution in [3.8, 4) is 0 Å². The van der Waals surface area contributed by atoms with Crippen LogP contribution in [0.3, 0.4) is 0 Å². The first-order valence-electron chi connectivity index (χ1n) is 6.68. The van der Waals surface area contributed by atoms with Crippen LogP contribution in [0.1, 0.15) is 35.8 Å². The summed E-state index contributed by atoms with van der Waals surface area (Å²) >= 11 is 0. The molecule has 1 saturated carbocycles. The van der Waals surface area contributed by atoms with Gasteiger partial charge in [-0.05, 0) is 37.9 Å². The number of hydrogen-bond acceptors (Lipinski definition) is 2. The molecule has 0 unspecified atom stereocenters. The summed E-state index contributed by atoms with van der Waals surface area (Å²) in [6.45, 7) is 2.61. The molecule has 1 amide bonds. The number of rotatable bonds is 4. The first kappa shape index (κ1) is 11.5. The molecule has 1 aromatic heterocycles. The van der Waals surface area contributed by atoms with Crippen molar-refractivity contribution in [3.05, 3.63) is 35.7 Å². The van der Waals surface area contributed by atoms with Crippen LogP contribution in [0.5, 0.6) is 0 Å². The third-order valence-corrected chi connectivity index (χ3v) is 3.59. The lowest BCUT2D eigenvalue weighted by molar-refractivity contribution is 0.0947. The van der Waals surface area contributed by atoms with Crippen molar-refractivity contribution in [2.45, 2.75) is 25.3 Å². The Labute approximate surface area is 107 Å². The summed E-state index contributed by atoms with van der Waals surface area (Å²) < 4.78 is 2.10. The van der Waals surface area contributed by atoms with E-state index < -0.39 is 0 Å². The predicted octanol–water partition coefficient (Wildman–Crippen LogP) is 1.47. The minimum Gasteiger partial charge on any atom is -0.347 e. The molecule has 1 aliphatic heterocycles. The normalized spacial score (nSPS) is 19.4. The number of amides is 1. The van der Waals surface area contributed by atoms with Gasteiger partial charge in [0.2, 0.25) is 0 Å². The predicted molar refractivity (Wildman–Crippen MR) is 70.6 cm³/mol. The van der Waals surface area contributed by atoms with E-state index in [0.29, 0.717) is 12.6 Å². The molecular formula is C14H19N3O. The van der Waals surface area contributed by atoms with Crippen molar-refractivity contribution >= 4 is 5.91 Å². The van der Waals surface area contributed by atoms with Crippen LogP contribution in [0.4, 0.5) is 0 Å². The minimum atomic E-state index is 0.0475. The van der Waals surface area contributed by atoms with Crippen LogP contribution in [-0.4, -0.2) is 30.1 Å². The Morgan fingerprint density at radius 3 is 3.11 bits per heavy atom. The van der Waals surface area contributed by atoms with Crippen molar-refractivity contribution in [2.75, 3.05) is 19.6 Å². The van der Waals surface area contributed by atoms with Gasteiger partial charge in [-0.1, -0.05) is 11.6 Å². The largest absolute Gasteiger partial charge is 0.347 e. The van der Waals surface area contributed by atoms with E-state index in [1.54, 1.807) is 0 Å². The van der Waals surface area contributed by atoms with Gasteiger partial charge in [0, 0.05) is 25.3 Å². The Morgan fingerprint density at radius 2 is 2.39 bits per heavy atom. The van der Waals surface area contributed by atoms with E-state index in [2.05, 4.69) is 21.3 Å². The van der Waals surface area contributed by atoms with Gasteiger partial charge in [-0.15, -0.1) is 0 Å². The summed E-state index contributed by atoms with van der Waals surface area (Å²) in [5.74, 6) is 0.0475. The van der Waals surface area contributed by atoms with Gasteiger partial charge < -0.3 is 15.2 Å². The number of carbonyl (C=O) groups excluding carboxylic acids is 1. The summed E-state index contributed by atoms with van der Waals surface area (Å²) in [5, 5.41) is 6.29. The van der Waals surface area contributed by atoms with Crippen LogP contribution in [0.15, 0.2) is 30.0 Å². The molecule has 0 spiro atoms. The molecule has 0 atom stereocenters. The lowest BCUT2D eigenvalue weighted by Crippen LogP contribution is -2.30. The highest BCUT2D eigenvalue weighted by Crippen LogP contribution is 2.35. The lowest BCUT2D eigenvalue weighted by Gasteiger charge is -2.15. The molecule has 4 nitrogen and oxygen atoms in total. The van der Waals surface area contributed by atoms with E-state index >= 15 is 0 Å². The van der Waals surface area contributed by atoms with Crippen LogP contribution in [0.25, 0.3) is 0 Å². The van der Waals surface area contributed by atoms with Crippen molar-refractivity contribution in [2.24, 2.45) is 0 Å². The maximum atomic E-state index is 12.1. The zero-order valence-electron chi connectivity index (χ0n) is 10.5. The van der Waals surface area contributed by atoms with Crippen LogP contribution in [0, 0.1) is 0 Å². The zero-order valence-corrected chi connectivity index (χ0v) is 10.5. The van der Waals surface area contributed by atoms with Crippen molar-refractivity contribution < 1.29 is 4.79 Å². The van der Waals surface area contributed by atoms with Crippen molar-refractivity contribution in [3.63, 3.8) is 0 Å². The molecule has 0 radical (unpaired) electrons. The second kappa shape index (κ2) is 4.98. The van der Waals surface area contributed by atoms with Crippen LogP contribution < -0.4 is 10.6 Å². The molecule has 18 heavy (non-hydrogen) atoms. The number of aromatic nitrogens is 1. The maximum Gasteiger partial charge on any atom is 0.268 e. The van der Waals surface area contributed by atoms with Gasteiger partial charge in [-0.3, -0.25) is 4.79 Å². The number of nitrogens with one attached hydrogen (secondary N) is 2. The Hall–Kier alpha value is -1.55. The van der Waals surface area contributed by atoms with Crippen molar-refractivity contribution in [1.82, 2.24) is 15.2 Å². The topological polar surface area (TPSA) is 46.1 Å². The molecule has 1 fully saturated rings. The standard InChI is InChI=1S/C14H19N3O/c18-14(16-10-11-5-7-15-8-6-11)13-2-1-9-17(13)12-3-4-12/h1-2,5,9,12,15H,3-4,6-8,10H2,(H,16,18). The van der Waals surface area contributed by atoms with E-state index in [-0.39, 0.29) is 5.91 Å². The highest BCUT2D eigenvalue weighted by atomic mass is 16.1. The Balaban J connectivity index is 1.60. The summed E-state index contributed by atoms with van der Waals surface area (Å²) in [4.78, 5) is 12.1. The first-order chi connectivity index (χ1) is 8.84. The van der Waals surface area contributed by atoms with Gasteiger partial charge in [0.25, 0.3) is 5.91 Å². The third-order valence-electron chi connectivity index (χ3n) is 3.59. The number of hydrogen-bond donors (Lipinski definition) is 2. The Morgan fingerprint density at radius 1 is 1.50 bits per heavy atom. The molecular weight excluding hydrogens is 226 g/mol. The molecule has 0 saturated heterocycles. The fraction of sp³-hybridized carbons (Fsp3) is 0.500.